The molecule has 0 N–H and O–H groups in total. The predicted octanol–water partition coefficient (Wildman–Crippen LogP) is 18.2. The molecule has 0 aromatic heterocycles. The van der Waals surface area contributed by atoms with Crippen LogP contribution in [0.2, 0.25) is 0 Å². The summed E-state index contributed by atoms with van der Waals surface area (Å²) in [5.41, 5.74) is 20.7. The molecule has 11 aromatic rings. The largest absolute Gasteiger partial charge is 0.454 e. The second-order valence-electron chi connectivity index (χ2n) is 19.6. The van der Waals surface area contributed by atoms with Gasteiger partial charge in [-0.1, -0.05) is 202 Å². The molecule has 1 heterocycles. The third-order valence-electron chi connectivity index (χ3n) is 15.5. The molecule has 0 saturated carbocycles. The number of hydrogen-bond acceptors (Lipinski definition) is 3. The number of para-hydroxylation sites is 3. The van der Waals surface area contributed by atoms with Crippen molar-refractivity contribution in [2.75, 3.05) is 9.80 Å². The van der Waals surface area contributed by atoms with Gasteiger partial charge in [-0.25, -0.2) is 0 Å². The van der Waals surface area contributed by atoms with Crippen LogP contribution in [0.5, 0.6) is 11.5 Å². The summed E-state index contributed by atoms with van der Waals surface area (Å²) in [7, 11) is 0. The summed E-state index contributed by atoms with van der Waals surface area (Å²) >= 11 is 0. The lowest BCUT2D eigenvalue weighted by Crippen LogP contribution is -2.28. The molecule has 3 nitrogen and oxygen atoms in total. The van der Waals surface area contributed by atoms with Crippen LogP contribution in [-0.4, -0.2) is 0 Å². The smallest absolute Gasteiger partial charge is 0.159 e. The Morgan fingerprint density at radius 1 is 0.324 bits per heavy atom. The summed E-state index contributed by atoms with van der Waals surface area (Å²) in [4.78, 5) is 4.80. The van der Waals surface area contributed by atoms with Gasteiger partial charge in [0.1, 0.15) is 5.75 Å². The average molecular weight is 909 g/mol. The van der Waals surface area contributed by atoms with Gasteiger partial charge in [0.25, 0.3) is 0 Å². The van der Waals surface area contributed by atoms with Crippen LogP contribution in [0.3, 0.4) is 0 Å². The van der Waals surface area contributed by atoms with Gasteiger partial charge in [-0.15, -0.1) is 0 Å². The van der Waals surface area contributed by atoms with Crippen LogP contribution in [0, 0.1) is 0 Å². The van der Waals surface area contributed by atoms with E-state index in [0.717, 1.165) is 67.5 Å². The number of hydrogen-bond donors (Lipinski definition) is 0. The molecule has 71 heavy (non-hydrogen) atoms. The summed E-state index contributed by atoms with van der Waals surface area (Å²) < 4.78 is 7.24. The number of rotatable bonds is 8. The van der Waals surface area contributed by atoms with Gasteiger partial charge in [-0.2, -0.15) is 0 Å². The maximum Gasteiger partial charge on any atom is 0.159 e. The Morgan fingerprint density at radius 3 is 1.45 bits per heavy atom. The molecule has 336 valence electrons. The van der Waals surface area contributed by atoms with E-state index < -0.39 is 5.41 Å². The minimum atomic E-state index is -0.555. The van der Waals surface area contributed by atoms with Crippen molar-refractivity contribution >= 4 is 44.9 Å². The zero-order valence-electron chi connectivity index (χ0n) is 39.6. The summed E-state index contributed by atoms with van der Waals surface area (Å²) in [5, 5.41) is 2.21. The van der Waals surface area contributed by atoms with Crippen molar-refractivity contribution in [1.82, 2.24) is 0 Å². The van der Waals surface area contributed by atoms with Gasteiger partial charge < -0.3 is 14.5 Å². The monoisotopic (exact) mass is 908 g/mol. The summed E-state index contributed by atoms with van der Waals surface area (Å²) in [6, 6.07) is 93.3. The lowest BCUT2D eigenvalue weighted by atomic mass is 9.67. The molecule has 0 bridgehead atoms. The average Bonchev–Trinajstić information content (AvgIpc) is 3.85. The van der Waals surface area contributed by atoms with E-state index in [2.05, 4.69) is 278 Å². The van der Waals surface area contributed by atoms with E-state index in [-0.39, 0.29) is 5.41 Å². The Bertz CT molecular complexity index is 3800. The van der Waals surface area contributed by atoms with Crippen LogP contribution < -0.4 is 14.5 Å². The molecule has 2 aliphatic carbocycles. The zero-order chi connectivity index (χ0) is 47.3. The molecular formula is C68H48N2O. The first kappa shape index (κ1) is 41.1. The van der Waals surface area contributed by atoms with Gasteiger partial charge in [0.05, 0.1) is 16.8 Å². The van der Waals surface area contributed by atoms with Crippen LogP contribution >= 0.6 is 0 Å². The van der Waals surface area contributed by atoms with Crippen molar-refractivity contribution in [3.8, 4) is 44.9 Å². The normalized spacial score (nSPS) is 13.8. The molecule has 3 aliphatic rings. The Morgan fingerprint density at radius 2 is 0.803 bits per heavy atom. The van der Waals surface area contributed by atoms with Crippen LogP contribution in [0.4, 0.5) is 34.1 Å². The minimum absolute atomic E-state index is 0.189. The van der Waals surface area contributed by atoms with Gasteiger partial charge >= 0.3 is 0 Å². The van der Waals surface area contributed by atoms with E-state index in [0.29, 0.717) is 0 Å². The van der Waals surface area contributed by atoms with Crippen LogP contribution in [0.1, 0.15) is 47.2 Å². The highest BCUT2D eigenvalue weighted by atomic mass is 16.5. The number of ether oxygens (including phenoxy) is 1. The second-order valence-corrected chi connectivity index (χ2v) is 19.6. The zero-order valence-corrected chi connectivity index (χ0v) is 39.6. The topological polar surface area (TPSA) is 15.7 Å². The highest BCUT2D eigenvalue weighted by Crippen LogP contribution is 2.59. The highest BCUT2D eigenvalue weighted by molar-refractivity contribution is 6.12. The standard InChI is InChI=1S/C68H48N2O/c1-67(2)58-34-17-15-29-51(58)53-39-37-49(43-60(53)67)70(50-38-40-54-52-30-16-18-35-59(52)68(61(54)44-50,45-21-7-3-8-22-45)46-23-9-4-10-24-46)62-41-42-64-65-55(31-19-33-57(62)65)56-32-20-36-63(66(56)71-64)69(47-25-11-5-12-26-47)48-27-13-6-14-28-48/h3-44H,1-2H3. The molecule has 3 heteroatoms. The fraction of sp³-hybridized carbons (Fsp3) is 0.0588. The quantitative estimate of drug-likeness (QED) is 0.151. The van der Waals surface area contributed by atoms with Crippen molar-refractivity contribution in [2.24, 2.45) is 0 Å². The highest BCUT2D eigenvalue weighted by Gasteiger charge is 2.46. The first-order valence-corrected chi connectivity index (χ1v) is 24.7. The Balaban J connectivity index is 1.01. The molecule has 0 amide bonds. The molecule has 0 fully saturated rings. The summed E-state index contributed by atoms with van der Waals surface area (Å²) in [6.07, 6.45) is 0. The van der Waals surface area contributed by atoms with Gasteiger partial charge in [-0.3, -0.25) is 0 Å². The number of benzene rings is 11. The molecule has 14 rings (SSSR count). The van der Waals surface area contributed by atoms with Crippen molar-refractivity contribution in [1.29, 1.82) is 0 Å². The van der Waals surface area contributed by atoms with Gasteiger partial charge in [-0.05, 0) is 128 Å². The fourth-order valence-corrected chi connectivity index (χ4v) is 12.4. The van der Waals surface area contributed by atoms with Gasteiger partial charge in [0, 0.05) is 44.5 Å². The van der Waals surface area contributed by atoms with Crippen LogP contribution in [-0.2, 0) is 10.8 Å². The molecule has 0 unspecified atom stereocenters. The van der Waals surface area contributed by atoms with Gasteiger partial charge in [0.15, 0.2) is 5.75 Å². The lowest BCUT2D eigenvalue weighted by Gasteiger charge is -2.35. The van der Waals surface area contributed by atoms with Crippen molar-refractivity contribution in [3.05, 3.63) is 288 Å². The number of fused-ring (bicyclic) bond motifs is 8. The van der Waals surface area contributed by atoms with E-state index >= 15 is 0 Å². The summed E-state index contributed by atoms with van der Waals surface area (Å²) in [5.74, 6) is 1.67. The maximum absolute atomic E-state index is 7.24. The molecule has 1 aliphatic heterocycles. The lowest BCUT2D eigenvalue weighted by molar-refractivity contribution is 0.488. The Hall–Kier alpha value is -8.92. The Kier molecular flexibility index (Phi) is 9.15. The van der Waals surface area contributed by atoms with E-state index in [1.807, 2.05) is 0 Å². The molecule has 0 atom stereocenters. The van der Waals surface area contributed by atoms with Crippen molar-refractivity contribution in [3.63, 3.8) is 0 Å². The van der Waals surface area contributed by atoms with E-state index in [1.165, 1.54) is 55.6 Å². The first-order chi connectivity index (χ1) is 35.0. The molecule has 11 aromatic carbocycles. The van der Waals surface area contributed by atoms with Crippen LogP contribution in [0.25, 0.3) is 44.2 Å². The molecule has 0 spiro atoms. The van der Waals surface area contributed by atoms with E-state index in [9.17, 15) is 0 Å². The molecular weight excluding hydrogens is 861 g/mol. The molecule has 0 saturated heterocycles. The number of nitrogens with zero attached hydrogens (tertiary/aromatic N) is 2. The third-order valence-corrected chi connectivity index (χ3v) is 15.5. The summed E-state index contributed by atoms with van der Waals surface area (Å²) in [6.45, 7) is 4.74. The third kappa shape index (κ3) is 6.03. The minimum Gasteiger partial charge on any atom is -0.454 e. The van der Waals surface area contributed by atoms with Crippen molar-refractivity contribution < 1.29 is 4.74 Å². The maximum atomic E-state index is 7.24. The predicted molar refractivity (Wildman–Crippen MR) is 294 cm³/mol. The fourth-order valence-electron chi connectivity index (χ4n) is 12.4. The second kappa shape index (κ2) is 15.8. The van der Waals surface area contributed by atoms with Crippen molar-refractivity contribution in [2.45, 2.75) is 24.7 Å². The van der Waals surface area contributed by atoms with E-state index in [4.69, 9.17) is 4.74 Å². The SMILES string of the molecule is CC1(C)c2ccccc2-c2ccc(N(c3ccc4c(c3)C(c3ccccc3)(c3ccccc3)c3ccccc3-4)c3ccc4c5c(cccc35)-c3cccc(N(c5ccccc5)c5ccccc5)c3O4)cc21. The first-order valence-electron chi connectivity index (χ1n) is 24.7. The number of anilines is 6. The van der Waals surface area contributed by atoms with E-state index in [1.54, 1.807) is 0 Å². The Labute approximate surface area is 415 Å². The van der Waals surface area contributed by atoms with Gasteiger partial charge in [0.2, 0.25) is 0 Å². The molecule has 0 radical (unpaired) electrons. The van der Waals surface area contributed by atoms with Crippen LogP contribution in [0.15, 0.2) is 255 Å².